The monoisotopic (exact) mass is 383 g/mol. The van der Waals surface area contributed by atoms with Gasteiger partial charge >= 0.3 is 0 Å². The maximum Gasteiger partial charge on any atom is 0.234 e. The van der Waals surface area contributed by atoms with Crippen LogP contribution in [0.2, 0.25) is 0 Å². The fourth-order valence-electron chi connectivity index (χ4n) is 2.56. The zero-order chi connectivity index (χ0) is 19.2. The summed E-state index contributed by atoms with van der Waals surface area (Å²) in [6.45, 7) is 3.94. The fourth-order valence-corrected chi connectivity index (χ4v) is 3.17. The number of amides is 2. The highest BCUT2D eigenvalue weighted by molar-refractivity contribution is 8.00. The molecule has 140 valence electrons. The molecule has 0 atom stereocenters. The minimum Gasteiger partial charge on any atom is -0.441 e. The summed E-state index contributed by atoms with van der Waals surface area (Å²) in [4.78, 5) is 28.4. The molecule has 0 saturated heterocycles. The van der Waals surface area contributed by atoms with Crippen LogP contribution in [0.25, 0.3) is 11.1 Å². The van der Waals surface area contributed by atoms with Gasteiger partial charge in [0.1, 0.15) is 5.52 Å². The van der Waals surface area contributed by atoms with Crippen molar-refractivity contribution in [1.82, 2.24) is 4.98 Å². The number of hydrogen-bond acceptors (Lipinski definition) is 5. The van der Waals surface area contributed by atoms with Gasteiger partial charge in [0.25, 0.3) is 0 Å². The van der Waals surface area contributed by atoms with Gasteiger partial charge in [-0.2, -0.15) is 0 Å². The number of benzene rings is 2. The van der Waals surface area contributed by atoms with Gasteiger partial charge in [0.2, 0.25) is 11.8 Å². The van der Waals surface area contributed by atoms with Gasteiger partial charge in [0.05, 0.1) is 11.5 Å². The molecule has 0 fully saturated rings. The predicted molar refractivity (Wildman–Crippen MR) is 109 cm³/mol. The number of carbonyl (C=O) groups excluding carboxylic acids is 2. The van der Waals surface area contributed by atoms with Crippen molar-refractivity contribution in [3.05, 3.63) is 53.9 Å². The summed E-state index contributed by atoms with van der Waals surface area (Å²) >= 11 is 1.27. The standard InChI is InChI=1S/C20H21N3O3S/c1-3-20-23-16-10-15(7-8-17(16)26-20)22-19(25)12-27-11-18(24)21-14-6-4-5-13(2)9-14/h4-10H,3,11-12H2,1-2H3,(H,21,24)(H,22,25). The summed E-state index contributed by atoms with van der Waals surface area (Å²) in [6.07, 6.45) is 0.720. The molecule has 0 saturated carbocycles. The van der Waals surface area contributed by atoms with Crippen molar-refractivity contribution >= 4 is 46.1 Å². The molecular weight excluding hydrogens is 362 g/mol. The normalized spacial score (nSPS) is 10.7. The van der Waals surface area contributed by atoms with Crippen LogP contribution in [0.3, 0.4) is 0 Å². The van der Waals surface area contributed by atoms with Crippen molar-refractivity contribution in [2.45, 2.75) is 20.3 Å². The van der Waals surface area contributed by atoms with Crippen molar-refractivity contribution < 1.29 is 14.0 Å². The largest absolute Gasteiger partial charge is 0.441 e. The molecule has 0 aliphatic heterocycles. The lowest BCUT2D eigenvalue weighted by molar-refractivity contribution is -0.114. The molecule has 7 heteroatoms. The number of nitrogens with zero attached hydrogens (tertiary/aromatic N) is 1. The van der Waals surface area contributed by atoms with Crippen LogP contribution in [0.1, 0.15) is 18.4 Å². The summed E-state index contributed by atoms with van der Waals surface area (Å²) in [5.74, 6) is 0.780. The average molecular weight is 383 g/mol. The molecule has 0 radical (unpaired) electrons. The molecular formula is C20H21N3O3S. The average Bonchev–Trinajstić information content (AvgIpc) is 3.04. The van der Waals surface area contributed by atoms with E-state index >= 15 is 0 Å². The second-order valence-electron chi connectivity index (χ2n) is 6.10. The van der Waals surface area contributed by atoms with Crippen LogP contribution in [-0.2, 0) is 16.0 Å². The van der Waals surface area contributed by atoms with E-state index < -0.39 is 0 Å². The molecule has 27 heavy (non-hydrogen) atoms. The maximum absolute atomic E-state index is 12.1. The third-order valence-corrected chi connectivity index (χ3v) is 4.72. The number of carbonyl (C=O) groups is 2. The highest BCUT2D eigenvalue weighted by Crippen LogP contribution is 2.20. The van der Waals surface area contributed by atoms with Gasteiger partial charge in [-0.15, -0.1) is 11.8 Å². The highest BCUT2D eigenvalue weighted by Gasteiger charge is 2.09. The minimum absolute atomic E-state index is 0.130. The van der Waals surface area contributed by atoms with E-state index in [1.165, 1.54) is 11.8 Å². The van der Waals surface area contributed by atoms with E-state index in [0.717, 1.165) is 23.2 Å². The zero-order valence-electron chi connectivity index (χ0n) is 15.2. The van der Waals surface area contributed by atoms with Gasteiger partial charge in [-0.05, 0) is 42.8 Å². The molecule has 3 rings (SSSR count). The van der Waals surface area contributed by atoms with Crippen molar-refractivity contribution in [3.8, 4) is 0 Å². The zero-order valence-corrected chi connectivity index (χ0v) is 16.1. The van der Waals surface area contributed by atoms with Crippen LogP contribution < -0.4 is 10.6 Å². The molecule has 0 aliphatic carbocycles. The summed E-state index contributed by atoms with van der Waals surface area (Å²) in [5.41, 5.74) is 3.92. The van der Waals surface area contributed by atoms with E-state index in [2.05, 4.69) is 15.6 Å². The summed E-state index contributed by atoms with van der Waals surface area (Å²) in [6, 6.07) is 12.9. The third-order valence-electron chi connectivity index (χ3n) is 3.79. The van der Waals surface area contributed by atoms with Gasteiger partial charge < -0.3 is 15.1 Å². The molecule has 2 N–H and O–H groups in total. The number of rotatable bonds is 7. The van der Waals surface area contributed by atoms with Crippen LogP contribution in [-0.4, -0.2) is 28.3 Å². The molecule has 2 aromatic carbocycles. The molecule has 2 amide bonds. The Bertz CT molecular complexity index is 968. The molecule has 3 aromatic rings. The van der Waals surface area contributed by atoms with E-state index in [1.807, 2.05) is 38.1 Å². The van der Waals surface area contributed by atoms with E-state index in [4.69, 9.17) is 4.42 Å². The summed E-state index contributed by atoms with van der Waals surface area (Å²) in [5, 5.41) is 5.64. The molecule has 1 heterocycles. The maximum atomic E-state index is 12.1. The number of thioether (sulfide) groups is 1. The Hall–Kier alpha value is -2.80. The molecule has 0 aliphatic rings. The number of oxazole rings is 1. The van der Waals surface area contributed by atoms with Crippen molar-refractivity contribution in [2.24, 2.45) is 0 Å². The Morgan fingerprint density at radius 3 is 2.41 bits per heavy atom. The summed E-state index contributed by atoms with van der Waals surface area (Å²) < 4.78 is 5.55. The topological polar surface area (TPSA) is 84.2 Å². The van der Waals surface area contributed by atoms with Gasteiger partial charge in [0, 0.05) is 17.8 Å². The Morgan fingerprint density at radius 1 is 1.04 bits per heavy atom. The fraction of sp³-hybridized carbons (Fsp3) is 0.250. The third kappa shape index (κ3) is 5.34. The van der Waals surface area contributed by atoms with Crippen LogP contribution in [0.4, 0.5) is 11.4 Å². The van der Waals surface area contributed by atoms with Crippen LogP contribution in [0, 0.1) is 6.92 Å². The van der Waals surface area contributed by atoms with E-state index in [1.54, 1.807) is 18.2 Å². The van der Waals surface area contributed by atoms with Crippen molar-refractivity contribution in [1.29, 1.82) is 0 Å². The molecule has 0 unspecified atom stereocenters. The summed E-state index contributed by atoms with van der Waals surface area (Å²) in [7, 11) is 0. The molecule has 0 bridgehead atoms. The lowest BCUT2D eigenvalue weighted by Gasteiger charge is -2.07. The Morgan fingerprint density at radius 2 is 1.74 bits per heavy atom. The number of aryl methyl sites for hydroxylation is 2. The quantitative estimate of drug-likeness (QED) is 0.644. The SMILES string of the molecule is CCc1nc2cc(NC(=O)CSCC(=O)Nc3cccc(C)c3)ccc2o1. The second-order valence-corrected chi connectivity index (χ2v) is 7.09. The van der Waals surface area contributed by atoms with Crippen LogP contribution in [0.5, 0.6) is 0 Å². The number of anilines is 2. The molecule has 1 aromatic heterocycles. The second kappa shape index (κ2) is 8.73. The van der Waals surface area contributed by atoms with E-state index in [9.17, 15) is 9.59 Å². The van der Waals surface area contributed by atoms with Crippen molar-refractivity contribution in [2.75, 3.05) is 22.1 Å². The smallest absolute Gasteiger partial charge is 0.234 e. The van der Waals surface area contributed by atoms with Gasteiger partial charge in [-0.25, -0.2) is 4.98 Å². The highest BCUT2D eigenvalue weighted by atomic mass is 32.2. The number of hydrogen-bond donors (Lipinski definition) is 2. The lowest BCUT2D eigenvalue weighted by atomic mass is 10.2. The Balaban J connectivity index is 1.46. The first kappa shape index (κ1) is 19.0. The van der Waals surface area contributed by atoms with Crippen molar-refractivity contribution in [3.63, 3.8) is 0 Å². The molecule has 6 nitrogen and oxygen atoms in total. The van der Waals surface area contributed by atoms with E-state index in [-0.39, 0.29) is 23.3 Å². The Kier molecular flexibility index (Phi) is 6.13. The van der Waals surface area contributed by atoms with Gasteiger partial charge in [-0.3, -0.25) is 9.59 Å². The first-order valence-electron chi connectivity index (χ1n) is 8.67. The first-order valence-corrected chi connectivity index (χ1v) is 9.82. The number of nitrogens with one attached hydrogen (secondary N) is 2. The van der Waals surface area contributed by atoms with Crippen LogP contribution in [0.15, 0.2) is 46.9 Å². The lowest BCUT2D eigenvalue weighted by Crippen LogP contribution is -2.18. The predicted octanol–water partition coefficient (Wildman–Crippen LogP) is 4.01. The van der Waals surface area contributed by atoms with Gasteiger partial charge in [-0.1, -0.05) is 19.1 Å². The minimum atomic E-state index is -0.165. The van der Waals surface area contributed by atoms with Gasteiger partial charge in [0.15, 0.2) is 11.5 Å². The first-order chi connectivity index (χ1) is 13.0. The van der Waals surface area contributed by atoms with E-state index in [0.29, 0.717) is 17.2 Å². The Labute approximate surface area is 161 Å². The number of fused-ring (bicyclic) bond motifs is 1. The number of aromatic nitrogens is 1. The molecule has 0 spiro atoms. The van der Waals surface area contributed by atoms with Crippen LogP contribution >= 0.6 is 11.8 Å².